The van der Waals surface area contributed by atoms with Crippen LogP contribution in [0.2, 0.25) is 0 Å². The molecule has 0 aromatic heterocycles. The topological polar surface area (TPSA) is 43.7 Å². The second kappa shape index (κ2) is 4.93. The predicted octanol–water partition coefficient (Wildman–Crippen LogP) is 0.615. The third kappa shape index (κ3) is 2.97. The van der Waals surface area contributed by atoms with Gasteiger partial charge in [-0.25, -0.2) is 4.39 Å². The van der Waals surface area contributed by atoms with Gasteiger partial charge in [-0.1, -0.05) is 0 Å². The van der Waals surface area contributed by atoms with Gasteiger partial charge in [0.15, 0.2) is 0 Å². The van der Waals surface area contributed by atoms with Crippen LogP contribution >= 0.6 is 0 Å². The van der Waals surface area contributed by atoms with Gasteiger partial charge in [-0.2, -0.15) is 0 Å². The number of aliphatic hydroxyl groups is 2. The summed E-state index contributed by atoms with van der Waals surface area (Å²) in [4.78, 5) is 1.75. The summed E-state index contributed by atoms with van der Waals surface area (Å²) in [6.45, 7) is 0.0493. The summed E-state index contributed by atoms with van der Waals surface area (Å²) in [6.07, 6.45) is -0.773. The van der Waals surface area contributed by atoms with Crippen molar-refractivity contribution in [2.24, 2.45) is 0 Å². The molecule has 1 aromatic carbocycles. The summed E-state index contributed by atoms with van der Waals surface area (Å²) >= 11 is 0. The molecule has 0 fully saturated rings. The number of rotatable bonds is 4. The maximum atomic E-state index is 12.6. The molecule has 2 N–H and O–H groups in total. The number of benzene rings is 1. The Hall–Kier alpha value is -1.13. The summed E-state index contributed by atoms with van der Waals surface area (Å²) < 4.78 is 12.6. The zero-order chi connectivity index (χ0) is 10.6. The van der Waals surface area contributed by atoms with Gasteiger partial charge in [-0.05, 0) is 24.3 Å². The zero-order valence-electron chi connectivity index (χ0n) is 8.02. The lowest BCUT2D eigenvalue weighted by atomic mass is 10.2. The Morgan fingerprint density at radius 3 is 2.43 bits per heavy atom. The Morgan fingerprint density at radius 1 is 1.36 bits per heavy atom. The maximum Gasteiger partial charge on any atom is 0.123 e. The van der Waals surface area contributed by atoms with Crippen LogP contribution in [0.5, 0.6) is 0 Å². The number of hydrogen-bond acceptors (Lipinski definition) is 3. The van der Waals surface area contributed by atoms with E-state index in [9.17, 15) is 9.50 Å². The Bertz CT molecular complexity index is 276. The van der Waals surface area contributed by atoms with Crippen molar-refractivity contribution in [1.82, 2.24) is 0 Å². The van der Waals surface area contributed by atoms with Crippen LogP contribution < -0.4 is 4.90 Å². The molecule has 14 heavy (non-hydrogen) atoms. The molecular formula is C10H14FNO2. The smallest absolute Gasteiger partial charge is 0.123 e. The van der Waals surface area contributed by atoms with Crippen LogP contribution in [0.25, 0.3) is 0 Å². The number of nitrogens with zero attached hydrogens (tertiary/aromatic N) is 1. The summed E-state index contributed by atoms with van der Waals surface area (Å²) in [6, 6.07) is 5.97. The van der Waals surface area contributed by atoms with Gasteiger partial charge in [0.2, 0.25) is 0 Å². The maximum absolute atomic E-state index is 12.6. The molecule has 0 heterocycles. The number of anilines is 1. The molecule has 78 valence electrons. The Labute approximate surface area is 82.4 Å². The van der Waals surface area contributed by atoms with Crippen LogP contribution in [0, 0.1) is 5.82 Å². The van der Waals surface area contributed by atoms with Gasteiger partial charge in [0.25, 0.3) is 0 Å². The molecule has 0 spiro atoms. The lowest BCUT2D eigenvalue weighted by Crippen LogP contribution is -2.31. The van der Waals surface area contributed by atoms with Crippen molar-refractivity contribution >= 4 is 5.69 Å². The third-order valence-electron chi connectivity index (χ3n) is 1.96. The van der Waals surface area contributed by atoms with Gasteiger partial charge in [-0.15, -0.1) is 0 Å². The molecule has 0 saturated heterocycles. The van der Waals surface area contributed by atoms with E-state index in [1.165, 1.54) is 12.1 Å². The SMILES string of the molecule is CN(CC(O)CO)c1ccc(F)cc1. The van der Waals surface area contributed by atoms with Crippen molar-refractivity contribution in [2.45, 2.75) is 6.10 Å². The fourth-order valence-electron chi connectivity index (χ4n) is 1.17. The summed E-state index contributed by atoms with van der Waals surface area (Å²) in [5, 5.41) is 17.8. The van der Waals surface area contributed by atoms with E-state index in [1.54, 1.807) is 24.1 Å². The van der Waals surface area contributed by atoms with Crippen LogP contribution in [-0.4, -0.2) is 36.5 Å². The van der Waals surface area contributed by atoms with E-state index >= 15 is 0 Å². The van der Waals surface area contributed by atoms with Crippen LogP contribution in [0.4, 0.5) is 10.1 Å². The van der Waals surface area contributed by atoms with E-state index in [-0.39, 0.29) is 12.4 Å². The highest BCUT2D eigenvalue weighted by molar-refractivity contribution is 5.45. The highest BCUT2D eigenvalue weighted by atomic mass is 19.1. The van der Waals surface area contributed by atoms with Gasteiger partial charge in [0.05, 0.1) is 12.7 Å². The van der Waals surface area contributed by atoms with E-state index in [1.807, 2.05) is 0 Å². The highest BCUT2D eigenvalue weighted by Gasteiger charge is 2.07. The van der Waals surface area contributed by atoms with Gasteiger partial charge in [0.1, 0.15) is 5.82 Å². The summed E-state index contributed by atoms with van der Waals surface area (Å²) in [7, 11) is 1.77. The minimum absolute atomic E-state index is 0.272. The number of aliphatic hydroxyl groups excluding tert-OH is 2. The molecule has 3 nitrogen and oxygen atoms in total. The Kier molecular flexibility index (Phi) is 3.85. The first kappa shape index (κ1) is 10.9. The van der Waals surface area contributed by atoms with Crippen LogP contribution in [0.15, 0.2) is 24.3 Å². The van der Waals surface area contributed by atoms with Gasteiger partial charge in [-0.3, -0.25) is 0 Å². The van der Waals surface area contributed by atoms with E-state index in [0.29, 0.717) is 6.54 Å². The van der Waals surface area contributed by atoms with E-state index in [0.717, 1.165) is 5.69 Å². The fraction of sp³-hybridized carbons (Fsp3) is 0.400. The monoisotopic (exact) mass is 199 g/mol. The molecule has 0 aliphatic rings. The molecular weight excluding hydrogens is 185 g/mol. The molecule has 0 bridgehead atoms. The first-order chi connectivity index (χ1) is 6.63. The molecule has 1 atom stereocenters. The number of likely N-dealkylation sites (N-methyl/N-ethyl adjacent to an activating group) is 1. The molecule has 0 saturated carbocycles. The molecule has 0 aliphatic carbocycles. The summed E-state index contributed by atoms with van der Waals surface area (Å²) in [5.74, 6) is -0.287. The molecule has 1 rings (SSSR count). The minimum atomic E-state index is -0.773. The quantitative estimate of drug-likeness (QED) is 0.747. The Balaban J connectivity index is 2.60. The van der Waals surface area contributed by atoms with Crippen molar-refractivity contribution in [3.8, 4) is 0 Å². The first-order valence-corrected chi connectivity index (χ1v) is 4.39. The molecule has 1 unspecified atom stereocenters. The average Bonchev–Trinajstić information content (AvgIpc) is 2.18. The molecule has 4 heteroatoms. The summed E-state index contributed by atoms with van der Waals surface area (Å²) in [5.41, 5.74) is 0.805. The second-order valence-electron chi connectivity index (χ2n) is 3.19. The highest BCUT2D eigenvalue weighted by Crippen LogP contribution is 2.12. The molecule has 0 aliphatic heterocycles. The Morgan fingerprint density at radius 2 is 1.93 bits per heavy atom. The molecule has 1 aromatic rings. The van der Waals surface area contributed by atoms with Crippen molar-refractivity contribution in [3.63, 3.8) is 0 Å². The second-order valence-corrected chi connectivity index (χ2v) is 3.19. The molecule has 0 amide bonds. The standard InChI is InChI=1S/C10H14FNO2/c1-12(6-10(14)7-13)9-4-2-8(11)3-5-9/h2-5,10,13-14H,6-7H2,1H3. The van der Waals surface area contributed by atoms with Crippen molar-refractivity contribution < 1.29 is 14.6 Å². The van der Waals surface area contributed by atoms with Crippen LogP contribution in [0.3, 0.4) is 0 Å². The van der Waals surface area contributed by atoms with Crippen molar-refractivity contribution in [3.05, 3.63) is 30.1 Å². The third-order valence-corrected chi connectivity index (χ3v) is 1.96. The lowest BCUT2D eigenvalue weighted by molar-refractivity contribution is 0.101. The van der Waals surface area contributed by atoms with Gasteiger partial charge in [0, 0.05) is 19.3 Å². The number of hydrogen-bond donors (Lipinski definition) is 2. The minimum Gasteiger partial charge on any atom is -0.394 e. The van der Waals surface area contributed by atoms with Crippen molar-refractivity contribution in [1.29, 1.82) is 0 Å². The normalized spacial score (nSPS) is 12.6. The largest absolute Gasteiger partial charge is 0.394 e. The van der Waals surface area contributed by atoms with Crippen molar-refractivity contribution in [2.75, 3.05) is 25.1 Å². The van der Waals surface area contributed by atoms with E-state index in [2.05, 4.69) is 0 Å². The van der Waals surface area contributed by atoms with Gasteiger partial charge < -0.3 is 15.1 Å². The van der Waals surface area contributed by atoms with E-state index < -0.39 is 6.10 Å². The van der Waals surface area contributed by atoms with Crippen LogP contribution in [0.1, 0.15) is 0 Å². The van der Waals surface area contributed by atoms with E-state index in [4.69, 9.17) is 5.11 Å². The fourth-order valence-corrected chi connectivity index (χ4v) is 1.17. The lowest BCUT2D eigenvalue weighted by Gasteiger charge is -2.21. The predicted molar refractivity (Wildman–Crippen MR) is 52.8 cm³/mol. The van der Waals surface area contributed by atoms with Gasteiger partial charge >= 0.3 is 0 Å². The average molecular weight is 199 g/mol. The number of halogens is 1. The van der Waals surface area contributed by atoms with Crippen LogP contribution in [-0.2, 0) is 0 Å². The molecule has 0 radical (unpaired) electrons. The first-order valence-electron chi connectivity index (χ1n) is 4.39. The zero-order valence-corrected chi connectivity index (χ0v) is 8.02.